The molecule has 1 aromatic rings. The lowest BCUT2D eigenvalue weighted by atomic mass is 9.88. The standard InChI is InChI=1S/C13H23N3/c1-9(2)16-12(14)10(3)15-13(16)11-7-5-4-6-8-11/h9,11H,4-8,14H2,1-3H3. The number of aromatic nitrogens is 2. The van der Waals surface area contributed by atoms with Crippen LogP contribution in [0.4, 0.5) is 5.82 Å². The van der Waals surface area contributed by atoms with Crippen molar-refractivity contribution in [1.82, 2.24) is 9.55 Å². The number of hydrogen-bond donors (Lipinski definition) is 1. The summed E-state index contributed by atoms with van der Waals surface area (Å²) in [6.07, 6.45) is 6.63. The molecule has 0 atom stereocenters. The fourth-order valence-corrected chi connectivity index (χ4v) is 2.77. The number of nitrogens with zero attached hydrogens (tertiary/aromatic N) is 2. The van der Waals surface area contributed by atoms with E-state index < -0.39 is 0 Å². The molecule has 0 aliphatic heterocycles. The third-order valence-electron chi connectivity index (χ3n) is 3.65. The molecule has 3 nitrogen and oxygen atoms in total. The lowest BCUT2D eigenvalue weighted by Gasteiger charge is -2.24. The molecule has 1 fully saturated rings. The van der Waals surface area contributed by atoms with Gasteiger partial charge in [-0.15, -0.1) is 0 Å². The van der Waals surface area contributed by atoms with Crippen LogP contribution in [0.15, 0.2) is 0 Å². The van der Waals surface area contributed by atoms with E-state index in [9.17, 15) is 0 Å². The molecule has 2 rings (SSSR count). The molecule has 1 heterocycles. The summed E-state index contributed by atoms with van der Waals surface area (Å²) in [5.74, 6) is 2.72. The average molecular weight is 221 g/mol. The Hall–Kier alpha value is -0.990. The summed E-state index contributed by atoms with van der Waals surface area (Å²) in [6.45, 7) is 6.38. The van der Waals surface area contributed by atoms with E-state index in [1.807, 2.05) is 6.92 Å². The van der Waals surface area contributed by atoms with Crippen molar-refractivity contribution in [1.29, 1.82) is 0 Å². The maximum absolute atomic E-state index is 6.11. The Labute approximate surface area is 98.1 Å². The van der Waals surface area contributed by atoms with E-state index in [-0.39, 0.29) is 0 Å². The zero-order chi connectivity index (χ0) is 11.7. The highest BCUT2D eigenvalue weighted by Crippen LogP contribution is 2.35. The lowest BCUT2D eigenvalue weighted by molar-refractivity contribution is 0.407. The Balaban J connectivity index is 2.35. The molecule has 1 aliphatic carbocycles. The van der Waals surface area contributed by atoms with Crippen molar-refractivity contribution in [3.05, 3.63) is 11.5 Å². The van der Waals surface area contributed by atoms with Gasteiger partial charge in [-0.05, 0) is 33.6 Å². The molecule has 3 heteroatoms. The van der Waals surface area contributed by atoms with E-state index in [4.69, 9.17) is 10.7 Å². The summed E-state index contributed by atoms with van der Waals surface area (Å²) in [7, 11) is 0. The summed E-state index contributed by atoms with van der Waals surface area (Å²) >= 11 is 0. The van der Waals surface area contributed by atoms with Crippen molar-refractivity contribution in [2.24, 2.45) is 0 Å². The van der Waals surface area contributed by atoms with Gasteiger partial charge in [0.2, 0.25) is 0 Å². The van der Waals surface area contributed by atoms with Crippen LogP contribution in [0, 0.1) is 6.92 Å². The molecule has 2 N–H and O–H groups in total. The quantitative estimate of drug-likeness (QED) is 0.831. The lowest BCUT2D eigenvalue weighted by Crippen LogP contribution is -2.15. The number of aryl methyl sites for hydroxylation is 1. The van der Waals surface area contributed by atoms with Gasteiger partial charge in [-0.1, -0.05) is 19.3 Å². The minimum atomic E-state index is 0.415. The fourth-order valence-electron chi connectivity index (χ4n) is 2.77. The summed E-state index contributed by atoms with van der Waals surface area (Å²) in [5.41, 5.74) is 7.11. The van der Waals surface area contributed by atoms with E-state index >= 15 is 0 Å². The zero-order valence-corrected chi connectivity index (χ0v) is 10.7. The highest BCUT2D eigenvalue weighted by atomic mass is 15.2. The van der Waals surface area contributed by atoms with E-state index in [2.05, 4.69) is 18.4 Å². The van der Waals surface area contributed by atoms with E-state index in [1.165, 1.54) is 37.9 Å². The normalized spacial score (nSPS) is 18.2. The van der Waals surface area contributed by atoms with Crippen molar-refractivity contribution in [2.45, 2.75) is 64.8 Å². The molecule has 0 bridgehead atoms. The summed E-state index contributed by atoms with van der Waals surface area (Å²) in [4.78, 5) is 4.69. The molecule has 0 spiro atoms. The third kappa shape index (κ3) is 1.95. The van der Waals surface area contributed by atoms with Gasteiger partial charge in [0, 0.05) is 12.0 Å². The molecule has 0 radical (unpaired) electrons. The predicted octanol–water partition coefficient (Wildman–Crippen LogP) is 3.40. The van der Waals surface area contributed by atoms with Gasteiger partial charge in [0.1, 0.15) is 11.6 Å². The SMILES string of the molecule is Cc1nc(C2CCCCC2)n(C(C)C)c1N. The Kier molecular flexibility index (Phi) is 3.22. The molecule has 0 saturated heterocycles. The number of imidazole rings is 1. The number of rotatable bonds is 2. The number of nitrogens with two attached hydrogens (primary N) is 1. The first kappa shape index (κ1) is 11.5. The Morgan fingerprint density at radius 1 is 1.25 bits per heavy atom. The number of nitrogen functional groups attached to an aromatic ring is 1. The maximum atomic E-state index is 6.11. The first-order chi connectivity index (χ1) is 7.61. The van der Waals surface area contributed by atoms with Gasteiger partial charge < -0.3 is 10.3 Å². The third-order valence-corrected chi connectivity index (χ3v) is 3.65. The monoisotopic (exact) mass is 221 g/mol. The van der Waals surface area contributed by atoms with Gasteiger partial charge in [0.15, 0.2) is 0 Å². The second-order valence-electron chi connectivity index (χ2n) is 5.24. The summed E-state index contributed by atoms with van der Waals surface area (Å²) in [6, 6.07) is 0.415. The molecule has 90 valence electrons. The van der Waals surface area contributed by atoms with Crippen molar-refractivity contribution < 1.29 is 0 Å². The largest absolute Gasteiger partial charge is 0.384 e. The summed E-state index contributed by atoms with van der Waals surface area (Å²) in [5, 5.41) is 0. The van der Waals surface area contributed by atoms with Crippen LogP contribution in [0.25, 0.3) is 0 Å². The molecule has 16 heavy (non-hydrogen) atoms. The average Bonchev–Trinajstić information content (AvgIpc) is 2.57. The van der Waals surface area contributed by atoms with Crippen LogP contribution in [0.3, 0.4) is 0 Å². The van der Waals surface area contributed by atoms with Crippen molar-refractivity contribution in [3.8, 4) is 0 Å². The molecule has 0 unspecified atom stereocenters. The van der Waals surface area contributed by atoms with Gasteiger partial charge in [-0.2, -0.15) is 0 Å². The Morgan fingerprint density at radius 2 is 1.88 bits per heavy atom. The second-order valence-corrected chi connectivity index (χ2v) is 5.24. The van der Waals surface area contributed by atoms with E-state index in [1.54, 1.807) is 0 Å². The van der Waals surface area contributed by atoms with Crippen LogP contribution >= 0.6 is 0 Å². The Morgan fingerprint density at radius 3 is 2.44 bits per heavy atom. The van der Waals surface area contributed by atoms with Crippen molar-refractivity contribution in [2.75, 3.05) is 5.73 Å². The van der Waals surface area contributed by atoms with E-state index in [0.29, 0.717) is 12.0 Å². The van der Waals surface area contributed by atoms with E-state index in [0.717, 1.165) is 11.5 Å². The molecule has 0 aromatic carbocycles. The van der Waals surface area contributed by atoms with Crippen LogP contribution < -0.4 is 5.73 Å². The first-order valence-corrected chi connectivity index (χ1v) is 6.45. The van der Waals surface area contributed by atoms with Gasteiger partial charge >= 0.3 is 0 Å². The molecule has 1 aromatic heterocycles. The summed E-state index contributed by atoms with van der Waals surface area (Å²) < 4.78 is 2.23. The predicted molar refractivity (Wildman–Crippen MR) is 67.6 cm³/mol. The van der Waals surface area contributed by atoms with Crippen LogP contribution in [-0.2, 0) is 0 Å². The van der Waals surface area contributed by atoms with Crippen molar-refractivity contribution in [3.63, 3.8) is 0 Å². The topological polar surface area (TPSA) is 43.8 Å². The Bertz CT molecular complexity index is 359. The molecule has 1 saturated carbocycles. The van der Waals surface area contributed by atoms with Crippen molar-refractivity contribution >= 4 is 5.82 Å². The number of hydrogen-bond acceptors (Lipinski definition) is 2. The minimum Gasteiger partial charge on any atom is -0.384 e. The van der Waals surface area contributed by atoms with Gasteiger partial charge in [-0.3, -0.25) is 0 Å². The zero-order valence-electron chi connectivity index (χ0n) is 10.7. The maximum Gasteiger partial charge on any atom is 0.126 e. The highest BCUT2D eigenvalue weighted by Gasteiger charge is 2.23. The van der Waals surface area contributed by atoms with Crippen LogP contribution in [-0.4, -0.2) is 9.55 Å². The number of anilines is 1. The second kappa shape index (κ2) is 4.48. The van der Waals surface area contributed by atoms with Crippen LogP contribution in [0.1, 0.15) is 69.4 Å². The van der Waals surface area contributed by atoms with Gasteiger partial charge in [-0.25, -0.2) is 4.98 Å². The first-order valence-electron chi connectivity index (χ1n) is 6.45. The molecular formula is C13H23N3. The van der Waals surface area contributed by atoms with Crippen LogP contribution in [0.5, 0.6) is 0 Å². The van der Waals surface area contributed by atoms with Crippen LogP contribution in [0.2, 0.25) is 0 Å². The molecule has 1 aliphatic rings. The highest BCUT2D eigenvalue weighted by molar-refractivity contribution is 5.38. The minimum absolute atomic E-state index is 0.415. The van der Waals surface area contributed by atoms with Gasteiger partial charge in [0.05, 0.1) is 5.69 Å². The smallest absolute Gasteiger partial charge is 0.126 e. The fraction of sp³-hybridized carbons (Fsp3) is 0.769. The van der Waals surface area contributed by atoms with Gasteiger partial charge in [0.25, 0.3) is 0 Å². The molecule has 0 amide bonds. The molecular weight excluding hydrogens is 198 g/mol.